The van der Waals surface area contributed by atoms with Crippen molar-refractivity contribution in [1.29, 1.82) is 0 Å². The monoisotopic (exact) mass is 279 g/mol. The summed E-state index contributed by atoms with van der Waals surface area (Å²) < 4.78 is 13.2. The number of aryl methyl sites for hydroxylation is 1. The van der Waals surface area contributed by atoms with Crippen LogP contribution in [-0.4, -0.2) is 58.6 Å². The molecule has 1 aromatic heterocycles. The quantitative estimate of drug-likeness (QED) is 0.822. The predicted octanol–water partition coefficient (Wildman–Crippen LogP) is 0.830. The summed E-state index contributed by atoms with van der Waals surface area (Å²) in [5.74, 6) is -0.0154. The van der Waals surface area contributed by atoms with Crippen LogP contribution in [0.5, 0.6) is 0 Å². The average Bonchev–Trinajstić information content (AvgIpc) is 2.82. The van der Waals surface area contributed by atoms with Crippen LogP contribution in [0.25, 0.3) is 0 Å². The van der Waals surface area contributed by atoms with Gasteiger partial charge in [-0.25, -0.2) is 0 Å². The summed E-state index contributed by atoms with van der Waals surface area (Å²) in [6, 6.07) is 1.75. The molecule has 3 heterocycles. The Morgan fingerprint density at radius 1 is 1.60 bits per heavy atom. The molecular formula is C14H21N3O3. The fraction of sp³-hybridized carbons (Fsp3) is 0.714. The maximum atomic E-state index is 12.2. The lowest BCUT2D eigenvalue weighted by Crippen LogP contribution is -2.67. The minimum absolute atomic E-state index is 0.0154. The van der Waals surface area contributed by atoms with Crippen LogP contribution in [0.1, 0.15) is 30.3 Å². The van der Waals surface area contributed by atoms with Crippen LogP contribution in [0, 0.1) is 0 Å². The molecule has 1 atom stereocenters. The smallest absolute Gasteiger partial charge is 0.274 e. The van der Waals surface area contributed by atoms with Gasteiger partial charge in [0, 0.05) is 32.9 Å². The molecule has 1 aromatic rings. The van der Waals surface area contributed by atoms with E-state index < -0.39 is 0 Å². The predicted molar refractivity (Wildman–Crippen MR) is 72.4 cm³/mol. The lowest BCUT2D eigenvalue weighted by atomic mass is 9.84. The van der Waals surface area contributed by atoms with Crippen LogP contribution in [-0.2, 0) is 16.5 Å². The summed E-state index contributed by atoms with van der Waals surface area (Å²) >= 11 is 0. The number of aromatic nitrogens is 2. The first-order valence-electron chi connectivity index (χ1n) is 7.16. The standard InChI is InChI=1S/C14H21N3O3/c1-3-19-11-5-7-20-14(8-11)9-17(10-14)13(18)12-4-6-16(2)15-12/h4,6,11H,3,5,7-10H2,1-2H3/t11-/m0/s1. The molecular weight excluding hydrogens is 258 g/mol. The van der Waals surface area contributed by atoms with Crippen LogP contribution in [0.3, 0.4) is 0 Å². The summed E-state index contributed by atoms with van der Waals surface area (Å²) in [5.41, 5.74) is 0.308. The minimum Gasteiger partial charge on any atom is -0.378 e. The van der Waals surface area contributed by atoms with Crippen molar-refractivity contribution in [3.63, 3.8) is 0 Å². The van der Waals surface area contributed by atoms with Gasteiger partial charge in [-0.3, -0.25) is 9.48 Å². The van der Waals surface area contributed by atoms with Crippen LogP contribution >= 0.6 is 0 Å². The molecule has 2 saturated heterocycles. The normalized spacial score (nSPS) is 24.7. The number of rotatable bonds is 3. The van der Waals surface area contributed by atoms with Gasteiger partial charge >= 0.3 is 0 Å². The van der Waals surface area contributed by atoms with Crippen LogP contribution in [0.2, 0.25) is 0 Å². The maximum absolute atomic E-state index is 12.2. The zero-order valence-electron chi connectivity index (χ0n) is 12.0. The zero-order chi connectivity index (χ0) is 14.2. The molecule has 6 nitrogen and oxygen atoms in total. The molecule has 0 saturated carbocycles. The van der Waals surface area contributed by atoms with Gasteiger partial charge in [-0.1, -0.05) is 0 Å². The Morgan fingerprint density at radius 3 is 3.05 bits per heavy atom. The van der Waals surface area contributed by atoms with Crippen molar-refractivity contribution in [3.8, 4) is 0 Å². The minimum atomic E-state index is -0.192. The third-order valence-corrected chi connectivity index (χ3v) is 4.03. The third kappa shape index (κ3) is 2.45. The first-order chi connectivity index (χ1) is 9.62. The average molecular weight is 279 g/mol. The molecule has 1 spiro atoms. The third-order valence-electron chi connectivity index (χ3n) is 4.03. The summed E-state index contributed by atoms with van der Waals surface area (Å²) in [5, 5.41) is 4.15. The van der Waals surface area contributed by atoms with Crippen molar-refractivity contribution in [2.75, 3.05) is 26.3 Å². The Morgan fingerprint density at radius 2 is 2.40 bits per heavy atom. The van der Waals surface area contributed by atoms with Crippen molar-refractivity contribution >= 4 is 5.91 Å². The SMILES string of the molecule is CCO[C@H]1CCOC2(C1)CN(C(=O)c1ccn(C)n1)C2. The fourth-order valence-electron chi connectivity index (χ4n) is 3.07. The van der Waals surface area contributed by atoms with Gasteiger partial charge in [-0.2, -0.15) is 5.10 Å². The lowest BCUT2D eigenvalue weighted by Gasteiger charge is -2.52. The van der Waals surface area contributed by atoms with Crippen molar-refractivity contribution in [3.05, 3.63) is 18.0 Å². The van der Waals surface area contributed by atoms with Gasteiger partial charge in [-0.15, -0.1) is 0 Å². The number of hydrogen-bond donors (Lipinski definition) is 0. The molecule has 110 valence electrons. The summed E-state index contributed by atoms with van der Waals surface area (Å²) in [7, 11) is 1.81. The number of carbonyl (C=O) groups is 1. The van der Waals surface area contributed by atoms with E-state index in [0.29, 0.717) is 18.8 Å². The molecule has 0 N–H and O–H groups in total. The van der Waals surface area contributed by atoms with E-state index in [1.54, 1.807) is 21.8 Å². The molecule has 1 amide bonds. The van der Waals surface area contributed by atoms with Gasteiger partial charge in [-0.05, 0) is 19.4 Å². The van der Waals surface area contributed by atoms with E-state index in [-0.39, 0.29) is 17.6 Å². The van der Waals surface area contributed by atoms with Crippen LogP contribution in [0.15, 0.2) is 12.3 Å². The van der Waals surface area contributed by atoms with E-state index >= 15 is 0 Å². The molecule has 2 fully saturated rings. The number of likely N-dealkylation sites (tertiary alicyclic amines) is 1. The molecule has 6 heteroatoms. The van der Waals surface area contributed by atoms with Crippen molar-refractivity contribution < 1.29 is 14.3 Å². The number of hydrogen-bond acceptors (Lipinski definition) is 4. The largest absolute Gasteiger partial charge is 0.378 e. The Labute approximate surface area is 118 Å². The number of nitrogens with zero attached hydrogens (tertiary/aromatic N) is 3. The van der Waals surface area contributed by atoms with Gasteiger partial charge in [0.05, 0.1) is 19.2 Å². The van der Waals surface area contributed by atoms with Crippen molar-refractivity contribution in [2.45, 2.75) is 31.5 Å². The highest BCUT2D eigenvalue weighted by Crippen LogP contribution is 2.35. The molecule has 3 rings (SSSR count). The topological polar surface area (TPSA) is 56.6 Å². The molecule has 2 aliphatic heterocycles. The second-order valence-corrected chi connectivity index (χ2v) is 5.64. The number of ether oxygens (including phenoxy) is 2. The molecule has 20 heavy (non-hydrogen) atoms. The van der Waals surface area contributed by atoms with Crippen molar-refractivity contribution in [2.24, 2.45) is 7.05 Å². The van der Waals surface area contributed by atoms with Gasteiger partial charge < -0.3 is 14.4 Å². The fourth-order valence-corrected chi connectivity index (χ4v) is 3.07. The highest BCUT2D eigenvalue weighted by Gasteiger charge is 2.49. The Balaban J connectivity index is 1.58. The van der Waals surface area contributed by atoms with Crippen LogP contribution < -0.4 is 0 Å². The Hall–Kier alpha value is -1.40. The highest BCUT2D eigenvalue weighted by atomic mass is 16.5. The molecule has 2 aliphatic rings. The Bertz CT molecular complexity index is 492. The first kappa shape index (κ1) is 13.6. The van der Waals surface area contributed by atoms with Gasteiger partial charge in [0.2, 0.25) is 0 Å². The summed E-state index contributed by atoms with van der Waals surface area (Å²) in [6.07, 6.45) is 3.88. The van der Waals surface area contributed by atoms with Crippen LogP contribution in [0.4, 0.5) is 0 Å². The van der Waals surface area contributed by atoms with Gasteiger partial charge in [0.25, 0.3) is 5.91 Å². The molecule has 0 bridgehead atoms. The van der Waals surface area contributed by atoms with Gasteiger partial charge in [0.1, 0.15) is 11.3 Å². The maximum Gasteiger partial charge on any atom is 0.274 e. The summed E-state index contributed by atoms with van der Waals surface area (Å²) in [6.45, 7) is 4.76. The van der Waals surface area contributed by atoms with Gasteiger partial charge in [0.15, 0.2) is 0 Å². The zero-order valence-corrected chi connectivity index (χ0v) is 12.0. The van der Waals surface area contributed by atoms with E-state index in [4.69, 9.17) is 9.47 Å². The Kier molecular flexibility index (Phi) is 3.52. The van der Waals surface area contributed by atoms with E-state index in [1.165, 1.54) is 0 Å². The first-order valence-corrected chi connectivity index (χ1v) is 7.16. The van der Waals surface area contributed by atoms with E-state index in [0.717, 1.165) is 26.1 Å². The second kappa shape index (κ2) is 5.18. The highest BCUT2D eigenvalue weighted by molar-refractivity contribution is 5.93. The molecule has 0 aromatic carbocycles. The van der Waals surface area contributed by atoms with E-state index in [9.17, 15) is 4.79 Å². The molecule has 0 radical (unpaired) electrons. The summed E-state index contributed by atoms with van der Waals surface area (Å²) in [4.78, 5) is 14.0. The number of amides is 1. The second-order valence-electron chi connectivity index (χ2n) is 5.64. The molecule has 0 unspecified atom stereocenters. The number of carbonyl (C=O) groups excluding carboxylic acids is 1. The van der Waals surface area contributed by atoms with Crippen molar-refractivity contribution in [1.82, 2.24) is 14.7 Å². The lowest BCUT2D eigenvalue weighted by molar-refractivity contribution is -0.185. The van der Waals surface area contributed by atoms with E-state index in [2.05, 4.69) is 5.10 Å². The van der Waals surface area contributed by atoms with E-state index in [1.807, 2.05) is 14.0 Å². The molecule has 0 aliphatic carbocycles.